The number of rotatable bonds is 6. The van der Waals surface area contributed by atoms with Gasteiger partial charge in [0.05, 0.1) is 0 Å². The van der Waals surface area contributed by atoms with Crippen molar-refractivity contribution in [2.75, 3.05) is 0 Å². The molecule has 0 saturated carbocycles. The van der Waals surface area contributed by atoms with E-state index in [2.05, 4.69) is 35.8 Å². The van der Waals surface area contributed by atoms with Crippen LogP contribution in [0.15, 0.2) is 85.6 Å². The van der Waals surface area contributed by atoms with E-state index in [9.17, 15) is 0 Å². The Kier molecular flexibility index (Phi) is 4.85. The summed E-state index contributed by atoms with van der Waals surface area (Å²) in [6, 6.07) is 20.2. The average molecular weight is 301 g/mol. The summed E-state index contributed by atoms with van der Waals surface area (Å²) < 4.78 is 6.17. The van der Waals surface area contributed by atoms with Crippen molar-refractivity contribution in [3.63, 3.8) is 0 Å². The second-order valence-corrected chi connectivity index (χ2v) is 5.28. The molecule has 1 aromatic heterocycles. The van der Waals surface area contributed by atoms with Crippen molar-refractivity contribution in [2.24, 2.45) is 0 Å². The van der Waals surface area contributed by atoms with Crippen molar-refractivity contribution in [1.29, 1.82) is 0 Å². The molecule has 0 radical (unpaired) electrons. The molecule has 3 rings (SSSR count). The van der Waals surface area contributed by atoms with E-state index in [1.165, 1.54) is 0 Å². The molecule has 0 spiro atoms. The smallest absolute Gasteiger partial charge is 0.146 e. The topological polar surface area (TPSA) is 22.1 Å². The van der Waals surface area contributed by atoms with Gasteiger partial charge in [-0.1, -0.05) is 60.7 Å². The highest BCUT2D eigenvalue weighted by atomic mass is 16.5. The van der Waals surface area contributed by atoms with Crippen molar-refractivity contribution in [2.45, 2.75) is 12.5 Å². The molecule has 2 nitrogen and oxygen atoms in total. The molecule has 1 atom stereocenters. The van der Waals surface area contributed by atoms with Gasteiger partial charge in [0.15, 0.2) is 0 Å². The molecule has 0 N–H and O–H groups in total. The maximum Gasteiger partial charge on any atom is 0.146 e. The number of ether oxygens (including phenoxy) is 1. The molecule has 0 aliphatic rings. The lowest BCUT2D eigenvalue weighted by Gasteiger charge is -2.15. The summed E-state index contributed by atoms with van der Waals surface area (Å²) in [6.07, 6.45) is 8.48. The van der Waals surface area contributed by atoms with Crippen molar-refractivity contribution in [3.05, 3.63) is 91.2 Å². The Labute approximate surface area is 136 Å². The minimum Gasteiger partial charge on any atom is -0.484 e. The maximum atomic E-state index is 6.17. The van der Waals surface area contributed by atoms with E-state index in [1.54, 1.807) is 6.20 Å². The van der Waals surface area contributed by atoms with Gasteiger partial charge < -0.3 is 4.74 Å². The number of hydrogen-bond donors (Lipinski definition) is 0. The zero-order valence-corrected chi connectivity index (χ0v) is 12.9. The van der Waals surface area contributed by atoms with E-state index >= 15 is 0 Å². The number of para-hydroxylation sites is 1. The summed E-state index contributed by atoms with van der Waals surface area (Å²) in [5, 5.41) is 1.08. The Bertz CT molecular complexity index is 803. The molecule has 0 aliphatic carbocycles. The number of benzene rings is 2. The average Bonchev–Trinajstić information content (AvgIpc) is 2.61. The SMILES string of the molecule is C=CCC(C=Cc1ccccc1)Oc1cccc2cccnc12. The molecule has 0 saturated heterocycles. The summed E-state index contributed by atoms with van der Waals surface area (Å²) in [4.78, 5) is 4.44. The van der Waals surface area contributed by atoms with Crippen molar-refractivity contribution in [1.82, 2.24) is 4.98 Å². The van der Waals surface area contributed by atoms with Gasteiger partial charge in [-0.15, -0.1) is 6.58 Å². The molecule has 3 aromatic rings. The number of pyridine rings is 1. The molecular weight excluding hydrogens is 282 g/mol. The third kappa shape index (κ3) is 3.86. The lowest BCUT2D eigenvalue weighted by atomic mass is 10.1. The van der Waals surface area contributed by atoms with Crippen LogP contribution in [-0.4, -0.2) is 11.1 Å². The number of fused-ring (bicyclic) bond motifs is 1. The number of hydrogen-bond acceptors (Lipinski definition) is 2. The second-order valence-electron chi connectivity index (χ2n) is 5.28. The van der Waals surface area contributed by atoms with Gasteiger partial charge in [0, 0.05) is 18.0 Å². The first-order chi connectivity index (χ1) is 11.4. The fraction of sp³-hybridized carbons (Fsp3) is 0.0952. The Hall–Kier alpha value is -2.87. The molecule has 0 aliphatic heterocycles. The Morgan fingerprint density at radius 1 is 1.00 bits per heavy atom. The van der Waals surface area contributed by atoms with E-state index in [4.69, 9.17) is 4.74 Å². The van der Waals surface area contributed by atoms with Crippen LogP contribution in [0.25, 0.3) is 17.0 Å². The minimum atomic E-state index is -0.0692. The third-order valence-electron chi connectivity index (χ3n) is 3.58. The number of aromatic nitrogens is 1. The van der Waals surface area contributed by atoms with Crippen LogP contribution in [-0.2, 0) is 0 Å². The molecule has 0 amide bonds. The van der Waals surface area contributed by atoms with Gasteiger partial charge in [-0.25, -0.2) is 0 Å². The van der Waals surface area contributed by atoms with Gasteiger partial charge in [0.1, 0.15) is 17.4 Å². The summed E-state index contributed by atoms with van der Waals surface area (Å²) in [7, 11) is 0. The molecule has 1 heterocycles. The van der Waals surface area contributed by atoms with Gasteiger partial charge in [-0.05, 0) is 23.8 Å². The summed E-state index contributed by atoms with van der Waals surface area (Å²) >= 11 is 0. The molecule has 0 bridgehead atoms. The highest BCUT2D eigenvalue weighted by Crippen LogP contribution is 2.25. The lowest BCUT2D eigenvalue weighted by Crippen LogP contribution is -2.12. The summed E-state index contributed by atoms with van der Waals surface area (Å²) in [5.41, 5.74) is 2.04. The normalized spacial score (nSPS) is 12.3. The zero-order valence-electron chi connectivity index (χ0n) is 12.9. The predicted octanol–water partition coefficient (Wildman–Crippen LogP) is 5.27. The highest BCUT2D eigenvalue weighted by molar-refractivity contribution is 5.84. The predicted molar refractivity (Wildman–Crippen MR) is 96.4 cm³/mol. The van der Waals surface area contributed by atoms with E-state index in [-0.39, 0.29) is 6.10 Å². The van der Waals surface area contributed by atoms with E-state index < -0.39 is 0 Å². The van der Waals surface area contributed by atoms with Gasteiger partial charge in [-0.3, -0.25) is 4.98 Å². The van der Waals surface area contributed by atoms with Crippen LogP contribution in [0.4, 0.5) is 0 Å². The van der Waals surface area contributed by atoms with Crippen LogP contribution in [0.2, 0.25) is 0 Å². The lowest BCUT2D eigenvalue weighted by molar-refractivity contribution is 0.256. The van der Waals surface area contributed by atoms with E-state index in [0.717, 1.165) is 28.6 Å². The van der Waals surface area contributed by atoms with E-state index in [1.807, 2.05) is 54.6 Å². The van der Waals surface area contributed by atoms with Crippen LogP contribution in [0.5, 0.6) is 5.75 Å². The minimum absolute atomic E-state index is 0.0692. The van der Waals surface area contributed by atoms with E-state index in [0.29, 0.717) is 0 Å². The van der Waals surface area contributed by atoms with Gasteiger partial charge in [-0.2, -0.15) is 0 Å². The van der Waals surface area contributed by atoms with Gasteiger partial charge in [0.25, 0.3) is 0 Å². The number of nitrogens with zero attached hydrogens (tertiary/aromatic N) is 1. The second kappa shape index (κ2) is 7.41. The first kappa shape index (κ1) is 15.0. The van der Waals surface area contributed by atoms with Crippen LogP contribution >= 0.6 is 0 Å². The van der Waals surface area contributed by atoms with Crippen molar-refractivity contribution < 1.29 is 4.74 Å². The quantitative estimate of drug-likeness (QED) is 0.578. The molecule has 114 valence electrons. The molecule has 23 heavy (non-hydrogen) atoms. The standard InChI is InChI=1S/C21H19NO/c1-2-8-19(15-14-17-9-4-3-5-10-17)23-20-13-6-11-18-12-7-16-22-21(18)20/h2-7,9-16,19H,1,8H2. The Morgan fingerprint density at radius 2 is 1.83 bits per heavy atom. The monoisotopic (exact) mass is 301 g/mol. The Morgan fingerprint density at radius 3 is 2.65 bits per heavy atom. The first-order valence-electron chi connectivity index (χ1n) is 7.71. The van der Waals surface area contributed by atoms with Crippen molar-refractivity contribution in [3.8, 4) is 5.75 Å². The molecule has 2 heteroatoms. The van der Waals surface area contributed by atoms with Crippen LogP contribution in [0, 0.1) is 0 Å². The molecule has 1 unspecified atom stereocenters. The van der Waals surface area contributed by atoms with Crippen LogP contribution in [0.3, 0.4) is 0 Å². The molecule has 2 aromatic carbocycles. The maximum absolute atomic E-state index is 6.17. The van der Waals surface area contributed by atoms with Crippen LogP contribution < -0.4 is 4.74 Å². The zero-order chi connectivity index (χ0) is 15.9. The fourth-order valence-electron chi connectivity index (χ4n) is 2.45. The van der Waals surface area contributed by atoms with Crippen molar-refractivity contribution >= 4 is 17.0 Å². The summed E-state index contributed by atoms with van der Waals surface area (Å²) in [6.45, 7) is 3.83. The van der Waals surface area contributed by atoms with Gasteiger partial charge >= 0.3 is 0 Å². The Balaban J connectivity index is 1.84. The van der Waals surface area contributed by atoms with Crippen LogP contribution in [0.1, 0.15) is 12.0 Å². The third-order valence-corrected chi connectivity index (χ3v) is 3.58. The molecular formula is C21H19NO. The van der Waals surface area contributed by atoms with Gasteiger partial charge in [0.2, 0.25) is 0 Å². The summed E-state index contributed by atoms with van der Waals surface area (Å²) in [5.74, 6) is 0.799. The molecule has 0 fully saturated rings. The first-order valence-corrected chi connectivity index (χ1v) is 7.71. The largest absolute Gasteiger partial charge is 0.484 e. The fourth-order valence-corrected chi connectivity index (χ4v) is 2.45. The highest BCUT2D eigenvalue weighted by Gasteiger charge is 2.08.